The molecular weight excluding hydrogens is 462 g/mol. The van der Waals surface area contributed by atoms with Crippen molar-refractivity contribution in [1.82, 2.24) is 14.2 Å². The highest BCUT2D eigenvalue weighted by atomic mass is 32.2. The second-order valence-corrected chi connectivity index (χ2v) is 12.4. The molecule has 2 heterocycles. The summed E-state index contributed by atoms with van der Waals surface area (Å²) in [5, 5.41) is 0.763. The van der Waals surface area contributed by atoms with Crippen LogP contribution in [0.15, 0.2) is 59.6 Å². The molecule has 1 saturated heterocycles. The first-order valence-electron chi connectivity index (χ1n) is 10.5. The van der Waals surface area contributed by atoms with Crippen molar-refractivity contribution in [2.45, 2.75) is 17.6 Å². The average Bonchev–Trinajstić information content (AvgIpc) is 2.77. The van der Waals surface area contributed by atoms with E-state index in [1.807, 2.05) is 19.1 Å². The largest absolute Gasteiger partial charge is 0.336 e. The molecule has 3 aromatic rings. The molecule has 2 aromatic carbocycles. The molecule has 10 heteroatoms. The monoisotopic (exact) mass is 487 g/mol. The summed E-state index contributed by atoms with van der Waals surface area (Å²) < 4.78 is 51.2. The van der Waals surface area contributed by atoms with Crippen LogP contribution in [0, 0.1) is 6.92 Å². The highest BCUT2D eigenvalue weighted by molar-refractivity contribution is 7.90. The van der Waals surface area contributed by atoms with Crippen LogP contribution in [0.5, 0.6) is 0 Å². The molecule has 4 rings (SSSR count). The lowest BCUT2D eigenvalue weighted by molar-refractivity contribution is 0.0698. The van der Waals surface area contributed by atoms with Gasteiger partial charge in [0.05, 0.1) is 11.3 Å². The van der Waals surface area contributed by atoms with E-state index in [4.69, 9.17) is 0 Å². The zero-order valence-corrected chi connectivity index (χ0v) is 20.1. The summed E-state index contributed by atoms with van der Waals surface area (Å²) in [6.07, 6.45) is 2.80. The van der Waals surface area contributed by atoms with Gasteiger partial charge in [-0.2, -0.15) is 4.31 Å². The molecule has 1 fully saturated rings. The van der Waals surface area contributed by atoms with Crippen molar-refractivity contribution in [2.75, 3.05) is 32.4 Å². The minimum absolute atomic E-state index is 0.140. The van der Waals surface area contributed by atoms with Crippen molar-refractivity contribution in [2.24, 2.45) is 0 Å². The number of sulfone groups is 1. The Morgan fingerprint density at radius 2 is 1.67 bits per heavy atom. The normalized spacial score (nSPS) is 15.6. The van der Waals surface area contributed by atoms with Gasteiger partial charge in [-0.3, -0.25) is 9.78 Å². The molecule has 0 saturated carbocycles. The van der Waals surface area contributed by atoms with Gasteiger partial charge in [-0.15, -0.1) is 0 Å². The maximum Gasteiger partial charge on any atom is 0.253 e. The van der Waals surface area contributed by atoms with Gasteiger partial charge in [-0.25, -0.2) is 16.8 Å². The fourth-order valence-corrected chi connectivity index (χ4v) is 6.37. The summed E-state index contributed by atoms with van der Waals surface area (Å²) in [5.41, 5.74) is 2.32. The third kappa shape index (κ3) is 5.07. The average molecular weight is 488 g/mol. The number of carbonyl (C=O) groups is 1. The Kier molecular flexibility index (Phi) is 6.26. The molecule has 1 amide bonds. The zero-order valence-electron chi connectivity index (χ0n) is 18.4. The number of rotatable bonds is 5. The molecule has 174 valence electrons. The SMILES string of the molecule is Cc1cnc2c(S(=O)(=O)N3CCN(C(=O)c4cccc(CS(C)(=O)=O)c4)CC3)cccc2c1. The van der Waals surface area contributed by atoms with Crippen LogP contribution in [0.25, 0.3) is 10.9 Å². The number of aryl methyl sites for hydroxylation is 1. The summed E-state index contributed by atoms with van der Waals surface area (Å²) in [4.78, 5) is 19.0. The van der Waals surface area contributed by atoms with Crippen LogP contribution in [0.3, 0.4) is 0 Å². The summed E-state index contributed by atoms with van der Waals surface area (Å²) in [7, 11) is -6.99. The number of pyridine rings is 1. The van der Waals surface area contributed by atoms with Crippen molar-refractivity contribution >= 4 is 36.7 Å². The first kappa shape index (κ1) is 23.3. The predicted molar refractivity (Wildman–Crippen MR) is 126 cm³/mol. The number of piperazine rings is 1. The lowest BCUT2D eigenvalue weighted by Crippen LogP contribution is -2.50. The van der Waals surface area contributed by atoms with Crippen LogP contribution in [0.4, 0.5) is 0 Å². The van der Waals surface area contributed by atoms with E-state index in [-0.39, 0.29) is 42.7 Å². The Balaban J connectivity index is 1.50. The van der Waals surface area contributed by atoms with Crippen LogP contribution < -0.4 is 0 Å². The van der Waals surface area contributed by atoms with Crippen LogP contribution in [0.2, 0.25) is 0 Å². The summed E-state index contributed by atoms with van der Waals surface area (Å²) >= 11 is 0. The van der Waals surface area contributed by atoms with E-state index in [2.05, 4.69) is 4.98 Å². The zero-order chi connectivity index (χ0) is 23.8. The molecule has 0 radical (unpaired) electrons. The van der Waals surface area contributed by atoms with Crippen molar-refractivity contribution in [1.29, 1.82) is 0 Å². The molecule has 1 aliphatic rings. The van der Waals surface area contributed by atoms with E-state index in [0.717, 1.165) is 17.2 Å². The molecule has 0 atom stereocenters. The Morgan fingerprint density at radius 1 is 0.970 bits per heavy atom. The number of para-hydroxylation sites is 1. The number of fused-ring (bicyclic) bond motifs is 1. The maximum atomic E-state index is 13.3. The maximum absolute atomic E-state index is 13.3. The highest BCUT2D eigenvalue weighted by Crippen LogP contribution is 2.26. The van der Waals surface area contributed by atoms with Crippen LogP contribution in [-0.2, 0) is 25.6 Å². The second kappa shape index (κ2) is 8.85. The number of benzene rings is 2. The molecular formula is C23H25N3O5S2. The molecule has 0 unspecified atom stereocenters. The Bertz CT molecular complexity index is 1430. The number of hydrogen-bond acceptors (Lipinski definition) is 6. The van der Waals surface area contributed by atoms with Crippen molar-refractivity contribution in [3.63, 3.8) is 0 Å². The molecule has 1 aliphatic heterocycles. The summed E-state index contributed by atoms with van der Waals surface area (Å²) in [6, 6.07) is 13.5. The first-order chi connectivity index (χ1) is 15.5. The quantitative estimate of drug-likeness (QED) is 0.547. The second-order valence-electron chi connectivity index (χ2n) is 8.31. The minimum atomic E-state index is -3.78. The molecule has 0 bridgehead atoms. The fourth-order valence-electron chi connectivity index (χ4n) is 4.00. The minimum Gasteiger partial charge on any atom is -0.336 e. The molecule has 1 aromatic heterocycles. The lowest BCUT2D eigenvalue weighted by atomic mass is 10.1. The molecule has 0 aliphatic carbocycles. The first-order valence-corrected chi connectivity index (χ1v) is 14.0. The van der Waals surface area contributed by atoms with Gasteiger partial charge in [0.25, 0.3) is 5.91 Å². The van der Waals surface area contributed by atoms with Crippen LogP contribution >= 0.6 is 0 Å². The van der Waals surface area contributed by atoms with Gasteiger partial charge < -0.3 is 4.90 Å². The van der Waals surface area contributed by atoms with Gasteiger partial charge in [0, 0.05) is 49.6 Å². The van der Waals surface area contributed by atoms with Crippen molar-refractivity contribution in [3.8, 4) is 0 Å². The van der Waals surface area contributed by atoms with Gasteiger partial charge in [-0.05, 0) is 42.3 Å². The van der Waals surface area contributed by atoms with E-state index in [9.17, 15) is 21.6 Å². The molecule has 8 nitrogen and oxygen atoms in total. The standard InChI is InChI=1S/C23H25N3O5S2/c1-17-13-19-6-4-8-21(22(19)24-15-17)33(30,31)26-11-9-25(10-12-26)23(27)20-7-3-5-18(14-20)16-32(2,28)29/h3-8,13-15H,9-12,16H2,1-2H3. The summed E-state index contributed by atoms with van der Waals surface area (Å²) in [6.45, 7) is 2.72. The van der Waals surface area contributed by atoms with E-state index in [0.29, 0.717) is 16.6 Å². The predicted octanol–water partition coefficient (Wildman–Crippen LogP) is 2.23. The Hall–Kier alpha value is -2.82. The molecule has 0 spiro atoms. The molecule has 0 N–H and O–H groups in total. The van der Waals surface area contributed by atoms with Crippen molar-refractivity contribution < 1.29 is 21.6 Å². The van der Waals surface area contributed by atoms with Gasteiger partial charge in [0.2, 0.25) is 10.0 Å². The summed E-state index contributed by atoms with van der Waals surface area (Å²) in [5.74, 6) is -0.386. The number of carbonyl (C=O) groups excluding carboxylic acids is 1. The van der Waals surface area contributed by atoms with Gasteiger partial charge in [-0.1, -0.05) is 24.3 Å². The number of aromatic nitrogens is 1. The number of sulfonamides is 1. The van der Waals surface area contributed by atoms with Crippen molar-refractivity contribution in [3.05, 3.63) is 71.4 Å². The molecule has 33 heavy (non-hydrogen) atoms. The van der Waals surface area contributed by atoms with Crippen LogP contribution in [0.1, 0.15) is 21.5 Å². The lowest BCUT2D eigenvalue weighted by Gasteiger charge is -2.34. The van der Waals surface area contributed by atoms with E-state index in [1.165, 1.54) is 4.31 Å². The fraction of sp³-hybridized carbons (Fsp3) is 0.304. The third-order valence-electron chi connectivity index (χ3n) is 5.56. The van der Waals surface area contributed by atoms with Gasteiger partial charge in [0.15, 0.2) is 9.84 Å². The van der Waals surface area contributed by atoms with E-state index in [1.54, 1.807) is 47.5 Å². The number of nitrogens with zero attached hydrogens (tertiary/aromatic N) is 3. The topological polar surface area (TPSA) is 105 Å². The Morgan fingerprint density at radius 3 is 2.36 bits per heavy atom. The Labute approximate surface area is 193 Å². The van der Waals surface area contributed by atoms with Gasteiger partial charge >= 0.3 is 0 Å². The highest BCUT2D eigenvalue weighted by Gasteiger charge is 2.32. The number of hydrogen-bond donors (Lipinski definition) is 0. The van der Waals surface area contributed by atoms with E-state index >= 15 is 0 Å². The smallest absolute Gasteiger partial charge is 0.253 e. The van der Waals surface area contributed by atoms with Crippen LogP contribution in [-0.4, -0.2) is 69.4 Å². The number of amides is 1. The van der Waals surface area contributed by atoms with E-state index < -0.39 is 19.9 Å². The third-order valence-corrected chi connectivity index (χ3v) is 8.35. The van der Waals surface area contributed by atoms with Gasteiger partial charge in [0.1, 0.15) is 4.90 Å².